The molecule has 1 aromatic carbocycles. The van der Waals surface area contributed by atoms with Gasteiger partial charge in [-0.3, -0.25) is 9.78 Å². The van der Waals surface area contributed by atoms with Crippen LogP contribution in [0.4, 0.5) is 0 Å². The van der Waals surface area contributed by atoms with Crippen LogP contribution < -0.4 is 0 Å². The van der Waals surface area contributed by atoms with Crippen molar-refractivity contribution < 1.29 is 30.3 Å². The Labute approximate surface area is 130 Å². The van der Waals surface area contributed by atoms with E-state index in [2.05, 4.69) is 11.2 Å². The van der Waals surface area contributed by atoms with Crippen LogP contribution in [0.5, 0.6) is 0 Å². The third-order valence-electron chi connectivity index (χ3n) is 2.34. The fraction of sp³-hybridized carbons (Fsp3) is 0.0667. The monoisotopic (exact) mass is 359 g/mol. The van der Waals surface area contributed by atoms with E-state index in [1.54, 1.807) is 0 Å². The Hall–Kier alpha value is -1.96. The number of carboxylic acid groups (broad SMARTS) is 1. The molecule has 3 rings (SSSR count). The molecule has 0 unspecified atom stereocenters. The SMILES string of the molecule is CC(=O)O.[Pd].[c-]1c(-c2ccccc2)nc2ccccn12. The second-order valence-corrected chi connectivity index (χ2v) is 3.89. The van der Waals surface area contributed by atoms with Crippen molar-refractivity contribution in [2.45, 2.75) is 6.92 Å². The number of carbonyl (C=O) groups is 1. The zero-order valence-electron chi connectivity index (χ0n) is 10.8. The van der Waals surface area contributed by atoms with E-state index in [9.17, 15) is 0 Å². The first-order chi connectivity index (χ1) is 9.16. The summed E-state index contributed by atoms with van der Waals surface area (Å²) in [6, 6.07) is 16.0. The van der Waals surface area contributed by atoms with Crippen LogP contribution in [0.2, 0.25) is 0 Å². The van der Waals surface area contributed by atoms with Crippen molar-refractivity contribution in [3.05, 3.63) is 60.9 Å². The first-order valence-corrected chi connectivity index (χ1v) is 5.78. The van der Waals surface area contributed by atoms with E-state index < -0.39 is 5.97 Å². The predicted octanol–water partition coefficient (Wildman–Crippen LogP) is 2.89. The third-order valence-corrected chi connectivity index (χ3v) is 2.34. The van der Waals surface area contributed by atoms with E-state index in [0.717, 1.165) is 23.8 Å². The number of rotatable bonds is 1. The maximum Gasteiger partial charge on any atom is 0.300 e. The summed E-state index contributed by atoms with van der Waals surface area (Å²) in [4.78, 5) is 13.5. The Morgan fingerprint density at radius 2 is 1.75 bits per heavy atom. The quantitative estimate of drug-likeness (QED) is 0.537. The van der Waals surface area contributed by atoms with Gasteiger partial charge in [-0.2, -0.15) is 0 Å². The van der Waals surface area contributed by atoms with Crippen molar-refractivity contribution >= 4 is 11.6 Å². The van der Waals surface area contributed by atoms with Crippen LogP contribution >= 0.6 is 0 Å². The molecule has 4 nitrogen and oxygen atoms in total. The zero-order chi connectivity index (χ0) is 13.7. The molecule has 0 spiro atoms. The number of pyridine rings is 1. The molecule has 2 aromatic heterocycles. The summed E-state index contributed by atoms with van der Waals surface area (Å²) < 4.78 is 1.91. The predicted molar refractivity (Wildman–Crippen MR) is 72.8 cm³/mol. The summed E-state index contributed by atoms with van der Waals surface area (Å²) in [7, 11) is 0. The first kappa shape index (κ1) is 16.1. The molecule has 0 saturated carbocycles. The van der Waals surface area contributed by atoms with Crippen molar-refractivity contribution in [3.63, 3.8) is 0 Å². The van der Waals surface area contributed by atoms with E-state index in [-0.39, 0.29) is 20.4 Å². The van der Waals surface area contributed by atoms with E-state index in [1.165, 1.54) is 0 Å². The number of hydrogen-bond donors (Lipinski definition) is 1. The number of carboxylic acids is 1. The van der Waals surface area contributed by atoms with Gasteiger partial charge in [-0.1, -0.05) is 60.3 Å². The van der Waals surface area contributed by atoms with Crippen LogP contribution in [0.1, 0.15) is 6.92 Å². The maximum absolute atomic E-state index is 9.00. The van der Waals surface area contributed by atoms with Gasteiger partial charge in [0.05, 0.1) is 5.65 Å². The number of aromatic nitrogens is 2. The maximum atomic E-state index is 9.00. The van der Waals surface area contributed by atoms with Gasteiger partial charge in [0.15, 0.2) is 0 Å². The fourth-order valence-corrected chi connectivity index (χ4v) is 1.60. The van der Waals surface area contributed by atoms with Gasteiger partial charge in [0, 0.05) is 27.3 Å². The minimum Gasteiger partial charge on any atom is -0.481 e. The molecule has 2 heterocycles. The first-order valence-electron chi connectivity index (χ1n) is 5.78. The van der Waals surface area contributed by atoms with Crippen LogP contribution in [0.15, 0.2) is 54.7 Å². The van der Waals surface area contributed by atoms with Gasteiger partial charge >= 0.3 is 0 Å². The molecule has 0 amide bonds. The third kappa shape index (κ3) is 4.30. The van der Waals surface area contributed by atoms with Gasteiger partial charge in [0.1, 0.15) is 0 Å². The number of aliphatic carboxylic acids is 1. The topological polar surface area (TPSA) is 54.6 Å². The number of imidazole rings is 1. The zero-order valence-corrected chi connectivity index (χ0v) is 12.3. The molecule has 0 bridgehead atoms. The van der Waals surface area contributed by atoms with Gasteiger partial charge in [-0.05, 0) is 11.9 Å². The van der Waals surface area contributed by atoms with Crippen molar-refractivity contribution in [3.8, 4) is 11.3 Å². The summed E-state index contributed by atoms with van der Waals surface area (Å²) in [6.07, 6.45) is 5.17. The number of hydrogen-bond acceptors (Lipinski definition) is 2. The molecule has 0 aliphatic rings. The molecule has 1 N–H and O–H groups in total. The average Bonchev–Trinajstić information content (AvgIpc) is 2.83. The molecular weight excluding hydrogens is 347 g/mol. The molecule has 3 aromatic rings. The molecule has 0 saturated heterocycles. The standard InChI is InChI=1S/C13H9N2.C2H4O2.Pd/c1-2-6-11(7-3-1)12-10-15-9-5-4-8-13(15)14-12;1-2(3)4;/h1-9H;1H3,(H,3,4);/q-1;;. The number of nitrogens with zero attached hydrogens (tertiary/aromatic N) is 2. The largest absolute Gasteiger partial charge is 0.481 e. The van der Waals surface area contributed by atoms with E-state index >= 15 is 0 Å². The smallest absolute Gasteiger partial charge is 0.300 e. The van der Waals surface area contributed by atoms with Crippen LogP contribution in [0, 0.1) is 6.20 Å². The molecular formula is C15H13N2O2Pd-. The van der Waals surface area contributed by atoms with Gasteiger partial charge in [0.2, 0.25) is 0 Å². The normalized spacial score (nSPS) is 9.25. The van der Waals surface area contributed by atoms with Crippen LogP contribution in [-0.2, 0) is 25.2 Å². The Morgan fingerprint density at radius 3 is 2.35 bits per heavy atom. The molecule has 106 valence electrons. The summed E-state index contributed by atoms with van der Waals surface area (Å²) in [6.45, 7) is 1.08. The second kappa shape index (κ2) is 7.59. The van der Waals surface area contributed by atoms with Gasteiger partial charge in [-0.15, -0.1) is 0 Å². The van der Waals surface area contributed by atoms with Crippen molar-refractivity contribution in [2.24, 2.45) is 0 Å². The van der Waals surface area contributed by atoms with E-state index in [0.29, 0.717) is 0 Å². The molecule has 20 heavy (non-hydrogen) atoms. The molecule has 0 aliphatic carbocycles. The average molecular weight is 360 g/mol. The van der Waals surface area contributed by atoms with Gasteiger partial charge in [-0.25, -0.2) is 0 Å². The Kier molecular flexibility index (Phi) is 6.11. The number of benzene rings is 1. The van der Waals surface area contributed by atoms with Crippen LogP contribution in [-0.4, -0.2) is 20.5 Å². The molecule has 0 radical (unpaired) electrons. The summed E-state index contributed by atoms with van der Waals surface area (Å²) in [5, 5.41) is 7.42. The fourth-order valence-electron chi connectivity index (χ4n) is 1.60. The van der Waals surface area contributed by atoms with Crippen molar-refractivity contribution in [1.82, 2.24) is 9.38 Å². The Balaban J connectivity index is 0.000000359. The minimum absolute atomic E-state index is 0. The van der Waals surface area contributed by atoms with Crippen molar-refractivity contribution in [2.75, 3.05) is 0 Å². The molecule has 0 atom stereocenters. The van der Waals surface area contributed by atoms with E-state index in [1.807, 2.05) is 59.1 Å². The molecule has 0 aliphatic heterocycles. The summed E-state index contributed by atoms with van der Waals surface area (Å²) in [5.74, 6) is -0.833. The van der Waals surface area contributed by atoms with Crippen LogP contribution in [0.25, 0.3) is 16.9 Å². The minimum atomic E-state index is -0.833. The number of fused-ring (bicyclic) bond motifs is 1. The Morgan fingerprint density at radius 1 is 1.15 bits per heavy atom. The van der Waals surface area contributed by atoms with E-state index in [4.69, 9.17) is 9.90 Å². The van der Waals surface area contributed by atoms with Crippen LogP contribution in [0.3, 0.4) is 0 Å². The van der Waals surface area contributed by atoms with Gasteiger partial charge < -0.3 is 9.51 Å². The second-order valence-electron chi connectivity index (χ2n) is 3.89. The van der Waals surface area contributed by atoms with Crippen molar-refractivity contribution in [1.29, 1.82) is 0 Å². The van der Waals surface area contributed by atoms with Gasteiger partial charge in [0.25, 0.3) is 5.97 Å². The Bertz CT molecular complexity index is 643. The molecule has 5 heteroatoms. The molecule has 0 fully saturated rings. The summed E-state index contributed by atoms with van der Waals surface area (Å²) in [5.41, 5.74) is 2.92. The summed E-state index contributed by atoms with van der Waals surface area (Å²) >= 11 is 0.